The van der Waals surface area contributed by atoms with E-state index in [1.807, 2.05) is 11.8 Å². The van der Waals surface area contributed by atoms with E-state index in [-0.39, 0.29) is 0 Å². The fourth-order valence-electron chi connectivity index (χ4n) is 8.96. The topological polar surface area (TPSA) is 11.4 Å². The zero-order chi connectivity index (χ0) is 38.5. The molecule has 1 aromatic heterocycles. The van der Waals surface area contributed by atoms with Gasteiger partial charge < -0.3 is 14.4 Å². The van der Waals surface area contributed by atoms with Crippen LogP contribution in [0.5, 0.6) is 0 Å². The number of hydrogen-bond donors (Lipinski definition) is 0. The van der Waals surface area contributed by atoms with Gasteiger partial charge in [-0.15, -0.1) is 0 Å². The fourth-order valence-corrected chi connectivity index (χ4v) is 10.2. The molecule has 2 heterocycles. The van der Waals surface area contributed by atoms with Crippen LogP contribution in [0.4, 0.5) is 28.4 Å². The predicted octanol–water partition coefficient (Wildman–Crippen LogP) is 15.1. The zero-order valence-electron chi connectivity index (χ0n) is 32.7. The van der Waals surface area contributed by atoms with Gasteiger partial charge in [0.1, 0.15) is 0 Å². The van der Waals surface area contributed by atoms with E-state index in [4.69, 9.17) is 0 Å². The van der Waals surface area contributed by atoms with Crippen LogP contribution in [0.15, 0.2) is 191 Å². The monoisotopic (exact) mass is 755 g/mol. The lowest BCUT2D eigenvalue weighted by molar-refractivity contribution is 0.710. The van der Waals surface area contributed by atoms with Crippen LogP contribution in [-0.2, 0) is 12.8 Å². The molecule has 0 saturated heterocycles. The molecule has 1 unspecified atom stereocenters. The molecule has 1 atom stereocenters. The Labute approximate surface area is 340 Å². The number of aromatic nitrogens is 1. The summed E-state index contributed by atoms with van der Waals surface area (Å²) in [5.41, 5.74) is 16.0. The van der Waals surface area contributed by atoms with E-state index in [1.165, 1.54) is 70.9 Å². The highest BCUT2D eigenvalue weighted by Crippen LogP contribution is 2.51. The number of hydrogen-bond acceptors (Lipinski definition) is 3. The SMILES string of the molecule is CCc1ccccc1-c1ccc(N(c2ccccc2)c2ccc3c(c2)c2ccccc2n3-c2cccc(N3C4=C(Sc5ccccc53)C(C)CC=C4)c2)cc1CC. The van der Waals surface area contributed by atoms with E-state index in [0.29, 0.717) is 5.92 Å². The quantitative estimate of drug-likeness (QED) is 0.153. The minimum atomic E-state index is 0.486. The molecule has 57 heavy (non-hydrogen) atoms. The molecule has 278 valence electrons. The number of aryl methyl sites for hydroxylation is 2. The van der Waals surface area contributed by atoms with E-state index in [9.17, 15) is 0 Å². The van der Waals surface area contributed by atoms with Crippen LogP contribution in [0.1, 0.15) is 38.3 Å². The lowest BCUT2D eigenvalue weighted by Gasteiger charge is -2.37. The van der Waals surface area contributed by atoms with Gasteiger partial charge in [0.05, 0.1) is 22.4 Å². The van der Waals surface area contributed by atoms with Crippen LogP contribution in [0, 0.1) is 5.92 Å². The van der Waals surface area contributed by atoms with Gasteiger partial charge >= 0.3 is 0 Å². The van der Waals surface area contributed by atoms with Crippen molar-refractivity contribution in [2.45, 2.75) is 44.9 Å². The maximum Gasteiger partial charge on any atom is 0.0601 e. The molecule has 2 aliphatic rings. The highest BCUT2D eigenvalue weighted by molar-refractivity contribution is 8.03. The summed E-state index contributed by atoms with van der Waals surface area (Å²) in [6, 6.07) is 60.4. The number of allylic oxidation sites excluding steroid dienone is 3. The predicted molar refractivity (Wildman–Crippen MR) is 244 cm³/mol. The van der Waals surface area contributed by atoms with Crippen molar-refractivity contribution in [2.24, 2.45) is 5.92 Å². The molecule has 7 aromatic carbocycles. The summed E-state index contributed by atoms with van der Waals surface area (Å²) >= 11 is 1.93. The third kappa shape index (κ3) is 6.07. The minimum absolute atomic E-state index is 0.486. The summed E-state index contributed by atoms with van der Waals surface area (Å²) < 4.78 is 2.44. The van der Waals surface area contributed by atoms with Crippen molar-refractivity contribution in [1.29, 1.82) is 0 Å². The number of para-hydroxylation sites is 3. The third-order valence-electron chi connectivity index (χ3n) is 11.7. The molecule has 8 aromatic rings. The van der Waals surface area contributed by atoms with Crippen molar-refractivity contribution in [3.8, 4) is 16.8 Å². The molecule has 0 fully saturated rings. The summed E-state index contributed by atoms with van der Waals surface area (Å²) in [5.74, 6) is 0.486. The summed E-state index contributed by atoms with van der Waals surface area (Å²) in [4.78, 5) is 7.64. The third-order valence-corrected chi connectivity index (χ3v) is 13.1. The smallest absolute Gasteiger partial charge is 0.0601 e. The van der Waals surface area contributed by atoms with Crippen LogP contribution >= 0.6 is 11.8 Å². The second-order valence-corrected chi connectivity index (χ2v) is 16.2. The van der Waals surface area contributed by atoms with Gasteiger partial charge in [0.2, 0.25) is 0 Å². The molecule has 0 amide bonds. The molecule has 0 N–H and O–H groups in total. The first-order valence-corrected chi connectivity index (χ1v) is 21.1. The van der Waals surface area contributed by atoms with Gasteiger partial charge in [-0.1, -0.05) is 124 Å². The lowest BCUT2D eigenvalue weighted by atomic mass is 9.92. The van der Waals surface area contributed by atoms with Crippen molar-refractivity contribution in [2.75, 3.05) is 9.80 Å². The Kier molecular flexibility index (Phi) is 9.07. The van der Waals surface area contributed by atoms with Crippen LogP contribution in [0.25, 0.3) is 38.6 Å². The first-order valence-electron chi connectivity index (χ1n) is 20.3. The number of rotatable bonds is 8. The number of benzene rings is 7. The van der Waals surface area contributed by atoms with E-state index in [0.717, 1.165) is 42.0 Å². The van der Waals surface area contributed by atoms with Crippen LogP contribution in [-0.4, -0.2) is 4.57 Å². The molecule has 10 rings (SSSR count). The van der Waals surface area contributed by atoms with Gasteiger partial charge in [0, 0.05) is 49.0 Å². The molecule has 4 heteroatoms. The van der Waals surface area contributed by atoms with Crippen LogP contribution in [0.3, 0.4) is 0 Å². The van der Waals surface area contributed by atoms with Crippen LogP contribution in [0.2, 0.25) is 0 Å². The average molecular weight is 756 g/mol. The van der Waals surface area contributed by atoms with Gasteiger partial charge in [-0.25, -0.2) is 0 Å². The molecule has 0 radical (unpaired) electrons. The van der Waals surface area contributed by atoms with Gasteiger partial charge in [0.15, 0.2) is 0 Å². The van der Waals surface area contributed by atoms with Gasteiger partial charge in [-0.3, -0.25) is 0 Å². The number of thioether (sulfide) groups is 1. The highest BCUT2D eigenvalue weighted by Gasteiger charge is 2.30. The van der Waals surface area contributed by atoms with Crippen molar-refractivity contribution in [3.63, 3.8) is 0 Å². The molecule has 3 nitrogen and oxygen atoms in total. The molecular formula is C53H45N3S. The lowest BCUT2D eigenvalue weighted by Crippen LogP contribution is -2.23. The Morgan fingerprint density at radius 3 is 2.16 bits per heavy atom. The molecule has 1 aliphatic heterocycles. The van der Waals surface area contributed by atoms with E-state index >= 15 is 0 Å². The number of nitrogens with zero attached hydrogens (tertiary/aromatic N) is 3. The largest absolute Gasteiger partial charge is 0.310 e. The molecule has 0 bridgehead atoms. The Morgan fingerprint density at radius 1 is 0.579 bits per heavy atom. The summed E-state index contributed by atoms with van der Waals surface area (Å²) in [6.45, 7) is 6.86. The number of fused-ring (bicyclic) bond motifs is 4. The first kappa shape index (κ1) is 35.2. The van der Waals surface area contributed by atoms with E-state index in [1.54, 1.807) is 0 Å². The van der Waals surface area contributed by atoms with Crippen molar-refractivity contribution < 1.29 is 0 Å². The van der Waals surface area contributed by atoms with Gasteiger partial charge in [-0.05, 0) is 132 Å². The Morgan fingerprint density at radius 2 is 1.28 bits per heavy atom. The average Bonchev–Trinajstić information content (AvgIpc) is 3.60. The number of anilines is 5. The molecule has 0 spiro atoms. The van der Waals surface area contributed by atoms with Crippen molar-refractivity contribution in [3.05, 3.63) is 198 Å². The standard InChI is InChI=1S/C53H45N3S/c1-4-37-18-9-10-23-44(37)45-31-29-42(33-38(45)5-2)54(39-19-7-6-8-20-39)43-30-32-49-47(35-43)46-24-11-12-25-48(46)55(49)40-21-16-22-41(34-40)56-50-26-13-14-28-52(50)57-53-36(3)17-15-27-51(53)56/h6-16,18-36H,4-5,17H2,1-3H3. The summed E-state index contributed by atoms with van der Waals surface area (Å²) in [7, 11) is 0. The maximum absolute atomic E-state index is 2.47. The molecule has 0 saturated carbocycles. The summed E-state index contributed by atoms with van der Waals surface area (Å²) in [6.07, 6.45) is 7.69. The Hall–Kier alpha value is -6.23. The molecular weight excluding hydrogens is 711 g/mol. The fraction of sp³-hybridized carbons (Fsp3) is 0.132. The second kappa shape index (κ2) is 14.7. The Balaban J connectivity index is 1.12. The highest BCUT2D eigenvalue weighted by atomic mass is 32.2. The zero-order valence-corrected chi connectivity index (χ0v) is 33.5. The first-order chi connectivity index (χ1) is 28.1. The van der Waals surface area contributed by atoms with Crippen molar-refractivity contribution >= 4 is 62.0 Å². The van der Waals surface area contributed by atoms with E-state index in [2.05, 4.69) is 211 Å². The second-order valence-electron chi connectivity index (χ2n) is 15.1. The normalized spacial score (nSPS) is 14.9. The Bertz CT molecular complexity index is 2860. The maximum atomic E-state index is 2.47. The minimum Gasteiger partial charge on any atom is -0.310 e. The van der Waals surface area contributed by atoms with Gasteiger partial charge in [0.25, 0.3) is 0 Å². The van der Waals surface area contributed by atoms with Crippen molar-refractivity contribution in [1.82, 2.24) is 4.57 Å². The van der Waals surface area contributed by atoms with Gasteiger partial charge in [-0.2, -0.15) is 0 Å². The van der Waals surface area contributed by atoms with Crippen LogP contribution < -0.4 is 9.80 Å². The van der Waals surface area contributed by atoms with E-state index < -0.39 is 0 Å². The molecule has 1 aliphatic carbocycles. The summed E-state index contributed by atoms with van der Waals surface area (Å²) in [5, 5.41) is 2.47.